The summed E-state index contributed by atoms with van der Waals surface area (Å²) in [5.41, 5.74) is 1.90. The highest BCUT2D eigenvalue weighted by Crippen LogP contribution is 2.33. The average Bonchev–Trinajstić information content (AvgIpc) is 2.58. The van der Waals surface area contributed by atoms with Gasteiger partial charge in [-0.1, -0.05) is 6.08 Å². The van der Waals surface area contributed by atoms with Crippen LogP contribution in [0.2, 0.25) is 0 Å². The van der Waals surface area contributed by atoms with Gasteiger partial charge in [-0.25, -0.2) is 4.79 Å². The summed E-state index contributed by atoms with van der Waals surface area (Å²) >= 11 is 0. The van der Waals surface area contributed by atoms with Crippen molar-refractivity contribution >= 4 is 16.9 Å². The lowest BCUT2D eigenvalue weighted by Crippen LogP contribution is -2.32. The molecule has 0 radical (unpaired) electrons. The number of benzene rings is 1. The Hall–Kier alpha value is -2.60. The molecule has 0 atom stereocenters. The van der Waals surface area contributed by atoms with E-state index in [9.17, 15) is 9.59 Å². The van der Waals surface area contributed by atoms with Gasteiger partial charge in [0, 0.05) is 18.5 Å². The van der Waals surface area contributed by atoms with E-state index in [1.54, 1.807) is 6.08 Å². The SMILES string of the molecule is C=CCN1COc2ccc3c(C)c(CC(=O)OC)c(=O)oc3c2C1. The van der Waals surface area contributed by atoms with Gasteiger partial charge in [0.15, 0.2) is 0 Å². The monoisotopic (exact) mass is 329 g/mol. The van der Waals surface area contributed by atoms with E-state index in [0.29, 0.717) is 36.7 Å². The largest absolute Gasteiger partial charge is 0.478 e. The van der Waals surface area contributed by atoms with Gasteiger partial charge in [-0.05, 0) is 24.6 Å². The van der Waals surface area contributed by atoms with Gasteiger partial charge in [0.25, 0.3) is 0 Å². The summed E-state index contributed by atoms with van der Waals surface area (Å²) in [6.45, 7) is 7.30. The minimum absolute atomic E-state index is 0.100. The van der Waals surface area contributed by atoms with Gasteiger partial charge < -0.3 is 13.9 Å². The van der Waals surface area contributed by atoms with E-state index in [4.69, 9.17) is 9.15 Å². The predicted octanol–water partition coefficient (Wildman–Crippen LogP) is 2.15. The van der Waals surface area contributed by atoms with E-state index in [1.807, 2.05) is 24.0 Å². The maximum absolute atomic E-state index is 12.4. The molecule has 2 aromatic rings. The summed E-state index contributed by atoms with van der Waals surface area (Å²) in [5, 5.41) is 0.802. The van der Waals surface area contributed by atoms with Gasteiger partial charge >= 0.3 is 11.6 Å². The van der Waals surface area contributed by atoms with Crippen LogP contribution in [0.1, 0.15) is 16.7 Å². The molecule has 1 aromatic heterocycles. The topological polar surface area (TPSA) is 69.0 Å². The zero-order chi connectivity index (χ0) is 17.3. The highest BCUT2D eigenvalue weighted by atomic mass is 16.5. The third kappa shape index (κ3) is 2.80. The van der Waals surface area contributed by atoms with Crippen LogP contribution in [0.15, 0.2) is 34.0 Å². The molecule has 1 aliphatic heterocycles. The summed E-state index contributed by atoms with van der Waals surface area (Å²) < 4.78 is 15.9. The van der Waals surface area contributed by atoms with Gasteiger partial charge in [-0.3, -0.25) is 9.69 Å². The average molecular weight is 329 g/mol. The fourth-order valence-corrected chi connectivity index (χ4v) is 2.93. The van der Waals surface area contributed by atoms with Crippen molar-refractivity contribution < 1.29 is 18.7 Å². The van der Waals surface area contributed by atoms with Crippen LogP contribution in [-0.2, 0) is 22.5 Å². The molecule has 24 heavy (non-hydrogen) atoms. The maximum Gasteiger partial charge on any atom is 0.340 e. The quantitative estimate of drug-likeness (QED) is 0.486. The van der Waals surface area contributed by atoms with Crippen molar-refractivity contribution in [3.8, 4) is 5.75 Å². The molecule has 0 saturated heterocycles. The molecule has 0 saturated carbocycles. The molecular weight excluding hydrogens is 310 g/mol. The van der Waals surface area contributed by atoms with Crippen LogP contribution in [0, 0.1) is 6.92 Å². The van der Waals surface area contributed by atoms with Gasteiger partial charge in [-0.2, -0.15) is 0 Å². The molecular formula is C18H19NO5. The standard InChI is InChI=1S/C18H19NO5/c1-4-7-19-9-14-15(23-10-19)6-5-12-11(2)13(8-16(20)22-3)18(21)24-17(12)14/h4-6H,1,7-10H2,2-3H3. The van der Waals surface area contributed by atoms with Crippen molar-refractivity contribution in [3.05, 3.63) is 51.9 Å². The number of fused-ring (bicyclic) bond motifs is 3. The number of hydrogen-bond donors (Lipinski definition) is 0. The lowest BCUT2D eigenvalue weighted by molar-refractivity contribution is -0.139. The smallest absolute Gasteiger partial charge is 0.340 e. The van der Waals surface area contributed by atoms with Gasteiger partial charge in [0.05, 0.1) is 24.7 Å². The van der Waals surface area contributed by atoms with Crippen molar-refractivity contribution in [1.29, 1.82) is 0 Å². The summed E-state index contributed by atoms with van der Waals surface area (Å²) in [5.74, 6) is 0.245. The molecule has 0 fully saturated rings. The Labute approximate surface area is 139 Å². The van der Waals surface area contributed by atoms with Crippen LogP contribution in [-0.4, -0.2) is 31.3 Å². The van der Waals surface area contributed by atoms with E-state index < -0.39 is 11.6 Å². The Morgan fingerprint density at radius 1 is 1.46 bits per heavy atom. The lowest BCUT2D eigenvalue weighted by atomic mass is 10.0. The van der Waals surface area contributed by atoms with E-state index in [-0.39, 0.29) is 6.42 Å². The third-order valence-electron chi connectivity index (χ3n) is 4.24. The number of carbonyl (C=O) groups is 1. The Bertz CT molecular complexity index is 868. The summed E-state index contributed by atoms with van der Waals surface area (Å²) in [6, 6.07) is 3.73. The van der Waals surface area contributed by atoms with Crippen molar-refractivity contribution in [1.82, 2.24) is 4.90 Å². The second-order valence-corrected chi connectivity index (χ2v) is 5.74. The normalized spacial score (nSPS) is 14.1. The fourth-order valence-electron chi connectivity index (χ4n) is 2.93. The number of carbonyl (C=O) groups excluding carboxylic acids is 1. The molecule has 0 aliphatic carbocycles. The third-order valence-corrected chi connectivity index (χ3v) is 4.24. The Balaban J connectivity index is 2.13. The van der Waals surface area contributed by atoms with Gasteiger partial charge in [0.1, 0.15) is 18.1 Å². The van der Waals surface area contributed by atoms with Crippen molar-refractivity contribution in [2.45, 2.75) is 19.9 Å². The minimum atomic E-state index is -0.514. The zero-order valence-corrected chi connectivity index (χ0v) is 13.8. The van der Waals surface area contributed by atoms with Crippen molar-refractivity contribution in [2.75, 3.05) is 20.4 Å². The van der Waals surface area contributed by atoms with Crippen LogP contribution >= 0.6 is 0 Å². The molecule has 1 aromatic carbocycles. The summed E-state index contributed by atoms with van der Waals surface area (Å²) in [6.07, 6.45) is 1.70. The minimum Gasteiger partial charge on any atom is -0.478 e. The number of ether oxygens (including phenoxy) is 2. The predicted molar refractivity (Wildman–Crippen MR) is 89.0 cm³/mol. The van der Waals surface area contributed by atoms with E-state index in [2.05, 4.69) is 11.3 Å². The highest BCUT2D eigenvalue weighted by Gasteiger charge is 2.23. The zero-order valence-electron chi connectivity index (χ0n) is 13.8. The van der Waals surface area contributed by atoms with Crippen LogP contribution in [0.4, 0.5) is 0 Å². The first-order chi connectivity index (χ1) is 11.5. The molecule has 126 valence electrons. The molecule has 0 bridgehead atoms. The molecule has 0 N–H and O–H groups in total. The van der Waals surface area contributed by atoms with Crippen LogP contribution in [0.3, 0.4) is 0 Å². The molecule has 2 heterocycles. The maximum atomic E-state index is 12.4. The van der Waals surface area contributed by atoms with Gasteiger partial charge in [-0.15, -0.1) is 6.58 Å². The Morgan fingerprint density at radius 3 is 2.96 bits per heavy atom. The number of nitrogens with zero attached hydrogens (tertiary/aromatic N) is 1. The van der Waals surface area contributed by atoms with Crippen molar-refractivity contribution in [3.63, 3.8) is 0 Å². The number of esters is 1. The first-order valence-electron chi connectivity index (χ1n) is 7.66. The van der Waals surface area contributed by atoms with Crippen molar-refractivity contribution in [2.24, 2.45) is 0 Å². The molecule has 6 nitrogen and oxygen atoms in total. The first-order valence-corrected chi connectivity index (χ1v) is 7.66. The molecule has 0 unspecified atom stereocenters. The molecule has 0 amide bonds. The number of hydrogen-bond acceptors (Lipinski definition) is 6. The van der Waals surface area contributed by atoms with Crippen LogP contribution in [0.25, 0.3) is 11.0 Å². The second kappa shape index (κ2) is 6.49. The Morgan fingerprint density at radius 2 is 2.25 bits per heavy atom. The molecule has 0 spiro atoms. The number of rotatable bonds is 4. The summed E-state index contributed by atoms with van der Waals surface area (Å²) in [4.78, 5) is 25.9. The van der Waals surface area contributed by atoms with Gasteiger partial charge in [0.2, 0.25) is 0 Å². The summed E-state index contributed by atoms with van der Waals surface area (Å²) in [7, 11) is 1.29. The van der Waals surface area contributed by atoms with E-state index in [1.165, 1.54) is 7.11 Å². The first kappa shape index (κ1) is 16.3. The second-order valence-electron chi connectivity index (χ2n) is 5.74. The molecule has 1 aliphatic rings. The number of methoxy groups -OCH3 is 1. The van der Waals surface area contributed by atoms with Crippen LogP contribution in [0.5, 0.6) is 5.75 Å². The van der Waals surface area contributed by atoms with Crippen LogP contribution < -0.4 is 10.4 Å². The molecule has 3 rings (SSSR count). The highest BCUT2D eigenvalue weighted by molar-refractivity contribution is 5.87. The lowest BCUT2D eigenvalue weighted by Gasteiger charge is -2.28. The number of aryl methyl sites for hydroxylation is 1. The Kier molecular flexibility index (Phi) is 4.40. The molecule has 6 heteroatoms. The van der Waals surface area contributed by atoms with E-state index >= 15 is 0 Å². The fraction of sp³-hybridized carbons (Fsp3) is 0.333. The van der Waals surface area contributed by atoms with E-state index in [0.717, 1.165) is 16.5 Å².